The quantitative estimate of drug-likeness (QED) is 0.131. The molecule has 1 radical (unpaired) electrons. The summed E-state index contributed by atoms with van der Waals surface area (Å²) in [4.78, 5) is 9.06. The van der Waals surface area contributed by atoms with Crippen molar-refractivity contribution in [1.29, 1.82) is 0 Å². The Morgan fingerprint density at radius 2 is 1.50 bits per heavy atom. The van der Waals surface area contributed by atoms with Crippen molar-refractivity contribution in [3.8, 4) is 22.5 Å². The van der Waals surface area contributed by atoms with Gasteiger partial charge in [0.1, 0.15) is 5.58 Å². The fourth-order valence-electron chi connectivity index (χ4n) is 7.49. The van der Waals surface area contributed by atoms with Crippen LogP contribution in [0.2, 0.25) is 0 Å². The molecule has 8 aromatic rings. The Bertz CT molecular complexity index is 2860. The fourth-order valence-corrected chi connectivity index (χ4v) is 7.49. The molecule has 0 N–H and O–H groups in total. The van der Waals surface area contributed by atoms with E-state index in [1.54, 1.807) is 6.07 Å². The Labute approximate surface area is 343 Å². The Hall–Kier alpha value is -4.63. The van der Waals surface area contributed by atoms with Crippen LogP contribution in [-0.2, 0) is 25.5 Å². The van der Waals surface area contributed by atoms with Crippen molar-refractivity contribution in [2.45, 2.75) is 85.3 Å². The minimum absolute atomic E-state index is 0. The first kappa shape index (κ1) is 29.7. The van der Waals surface area contributed by atoms with Crippen LogP contribution in [0.4, 0.5) is 0 Å². The predicted octanol–water partition coefficient (Wildman–Crippen LogP) is 13.9. The molecule has 0 unspecified atom stereocenters. The molecule has 1 fully saturated rings. The fraction of sp³-hybridized carbons (Fsp3) is 0.280. The minimum Gasteiger partial charge on any atom is -0.500 e. The van der Waals surface area contributed by atoms with Crippen LogP contribution in [-0.4, -0.2) is 9.97 Å². The minimum atomic E-state index is -2.44. The average Bonchev–Trinajstić information content (AvgIpc) is 3.61. The van der Waals surface area contributed by atoms with Crippen LogP contribution in [0.25, 0.3) is 66.0 Å². The molecule has 9 rings (SSSR count). The number of aryl methyl sites for hydroxylation is 2. The van der Waals surface area contributed by atoms with Crippen LogP contribution in [0.5, 0.6) is 0 Å². The van der Waals surface area contributed by atoms with E-state index in [4.69, 9.17) is 12.6 Å². The van der Waals surface area contributed by atoms with Gasteiger partial charge < -0.3 is 14.4 Å². The van der Waals surface area contributed by atoms with Gasteiger partial charge in [-0.1, -0.05) is 119 Å². The SMILES string of the molecule is CC(C)(C)c1ccc(-c2[c-]cccc2)nc1.[2H]C([2H])([2H])c1cnc(-c2[c-]cc(C([2H])([2H])[2H])c3c2oc2c3ccc3ccc4ccccc4c32)cc1C1([2H])CCC(C)(C)CC1.[Ir]. The van der Waals surface area contributed by atoms with Gasteiger partial charge in [-0.05, 0) is 93.5 Å². The molecule has 0 saturated heterocycles. The second-order valence-electron chi connectivity index (χ2n) is 16.1. The van der Waals surface area contributed by atoms with E-state index in [1.807, 2.05) is 72.9 Å². The summed E-state index contributed by atoms with van der Waals surface area (Å²) in [6.07, 6.45) is 6.00. The van der Waals surface area contributed by atoms with Gasteiger partial charge in [0, 0.05) is 52.9 Å². The van der Waals surface area contributed by atoms with E-state index in [9.17, 15) is 1.37 Å². The summed E-state index contributed by atoms with van der Waals surface area (Å²) in [6, 6.07) is 37.6. The molecule has 4 heteroatoms. The van der Waals surface area contributed by atoms with Gasteiger partial charge >= 0.3 is 0 Å². The number of rotatable bonds is 3. The molecule has 1 aliphatic rings. The van der Waals surface area contributed by atoms with E-state index >= 15 is 0 Å². The van der Waals surface area contributed by atoms with Crippen molar-refractivity contribution in [1.82, 2.24) is 9.97 Å². The first-order valence-electron chi connectivity index (χ1n) is 21.9. The van der Waals surface area contributed by atoms with Crippen LogP contribution in [0.1, 0.15) is 98.0 Å². The Kier molecular flexibility index (Phi) is 8.19. The van der Waals surface area contributed by atoms with Crippen LogP contribution in [0.3, 0.4) is 0 Å². The van der Waals surface area contributed by atoms with Crippen molar-refractivity contribution in [2.24, 2.45) is 5.41 Å². The van der Waals surface area contributed by atoms with Gasteiger partial charge in [-0.15, -0.1) is 53.6 Å². The number of hydrogen-bond acceptors (Lipinski definition) is 3. The van der Waals surface area contributed by atoms with Gasteiger partial charge in [0.25, 0.3) is 0 Å². The van der Waals surface area contributed by atoms with Gasteiger partial charge in [0.15, 0.2) is 0 Å². The normalized spacial score (nSPS) is 17.5. The predicted molar refractivity (Wildman–Crippen MR) is 222 cm³/mol. The first-order valence-corrected chi connectivity index (χ1v) is 18.4. The van der Waals surface area contributed by atoms with Crippen LogP contribution >= 0.6 is 0 Å². The molecule has 1 aliphatic carbocycles. The van der Waals surface area contributed by atoms with E-state index < -0.39 is 19.6 Å². The maximum absolute atomic E-state index is 9.47. The molecule has 0 atom stereocenters. The average molecular weight is 892 g/mol. The third-order valence-corrected chi connectivity index (χ3v) is 10.8. The van der Waals surface area contributed by atoms with Crippen LogP contribution in [0.15, 0.2) is 114 Å². The maximum Gasteiger partial charge on any atom is 0.129 e. The largest absolute Gasteiger partial charge is 0.500 e. The Balaban J connectivity index is 0.000000278. The summed E-state index contributed by atoms with van der Waals surface area (Å²) in [7, 11) is 0. The van der Waals surface area contributed by atoms with Crippen molar-refractivity contribution < 1.29 is 34.1 Å². The second-order valence-corrected chi connectivity index (χ2v) is 16.1. The van der Waals surface area contributed by atoms with Gasteiger partial charge in [0.05, 0.1) is 5.58 Å². The summed E-state index contributed by atoms with van der Waals surface area (Å²) >= 11 is 0. The van der Waals surface area contributed by atoms with E-state index in [1.165, 1.54) is 17.8 Å². The van der Waals surface area contributed by atoms with Crippen LogP contribution in [0, 0.1) is 31.3 Å². The first-order chi connectivity index (χ1) is 28.2. The zero-order valence-corrected chi connectivity index (χ0v) is 33.8. The summed E-state index contributed by atoms with van der Waals surface area (Å²) in [5.41, 5.74) is 5.92. The molecular weight excluding hydrogens is 837 g/mol. The van der Waals surface area contributed by atoms with E-state index in [0.717, 1.165) is 45.6 Å². The van der Waals surface area contributed by atoms with Crippen molar-refractivity contribution in [2.75, 3.05) is 0 Å². The Morgan fingerprint density at radius 1 is 0.759 bits per heavy atom. The molecule has 1 saturated carbocycles. The molecule has 275 valence electrons. The molecule has 0 bridgehead atoms. The maximum atomic E-state index is 9.47. The molecule has 0 spiro atoms. The number of nitrogens with zero attached hydrogens (tertiary/aromatic N) is 2. The monoisotopic (exact) mass is 892 g/mol. The smallest absolute Gasteiger partial charge is 0.129 e. The van der Waals surface area contributed by atoms with E-state index in [2.05, 4.69) is 74.9 Å². The number of fused-ring (bicyclic) bond motifs is 7. The number of hydrogen-bond donors (Lipinski definition) is 0. The van der Waals surface area contributed by atoms with Gasteiger partial charge in [-0.3, -0.25) is 0 Å². The molecule has 3 aromatic heterocycles. The van der Waals surface area contributed by atoms with Gasteiger partial charge in [-0.25, -0.2) is 0 Å². The molecule has 54 heavy (non-hydrogen) atoms. The molecular formula is C50H48IrN2O-2. The number of aromatic nitrogens is 2. The summed E-state index contributed by atoms with van der Waals surface area (Å²) in [5, 5.41) is 5.03. The number of furan rings is 1. The zero-order valence-electron chi connectivity index (χ0n) is 38.4. The third-order valence-electron chi connectivity index (χ3n) is 10.8. The zero-order chi connectivity index (χ0) is 42.8. The summed E-state index contributed by atoms with van der Waals surface area (Å²) in [5.74, 6) is -1.09. The van der Waals surface area contributed by atoms with E-state index in [-0.39, 0.29) is 42.1 Å². The molecule has 0 amide bonds. The number of benzene rings is 5. The molecule has 5 aromatic carbocycles. The molecule has 3 nitrogen and oxygen atoms in total. The van der Waals surface area contributed by atoms with E-state index in [0.29, 0.717) is 51.6 Å². The number of pyridine rings is 2. The molecule has 3 heterocycles. The van der Waals surface area contributed by atoms with Crippen molar-refractivity contribution >= 4 is 43.5 Å². The summed E-state index contributed by atoms with van der Waals surface area (Å²) < 4.78 is 65.8. The summed E-state index contributed by atoms with van der Waals surface area (Å²) in [6.45, 7) is 6.08. The standard InChI is InChI=1S/C35H32NO.C15H16N.Ir/c1-21-9-13-27(30-19-29(22(2)20-36-30)24-15-17-35(3,4)18-16-24)33-31(21)28-14-12-25-11-10-23-7-5-6-8-26(23)32(25)34(28)37-33;1-15(2,3)13-9-10-14(16-11-13)12-7-5-4-6-8-12;/h5-12,14,19-20,24H,15-18H2,1-4H3;4-7,9-11H,1-3H3;/q2*-1;/i1D3,2D3,24D;;. The van der Waals surface area contributed by atoms with Crippen LogP contribution < -0.4 is 0 Å². The third kappa shape index (κ3) is 7.27. The van der Waals surface area contributed by atoms with Crippen molar-refractivity contribution in [3.05, 3.63) is 144 Å². The van der Waals surface area contributed by atoms with Gasteiger partial charge in [0.2, 0.25) is 0 Å². The second kappa shape index (κ2) is 14.9. The topological polar surface area (TPSA) is 38.9 Å². The Morgan fingerprint density at radius 3 is 2.22 bits per heavy atom. The molecule has 0 aliphatic heterocycles. The van der Waals surface area contributed by atoms with Gasteiger partial charge in [-0.2, -0.15) is 0 Å². The van der Waals surface area contributed by atoms with Crippen molar-refractivity contribution in [3.63, 3.8) is 0 Å².